The van der Waals surface area contributed by atoms with Crippen LogP contribution >= 0.6 is 0 Å². The van der Waals surface area contributed by atoms with Gasteiger partial charge < -0.3 is 10.0 Å². The number of nitrogens with zero attached hydrogens (tertiary/aromatic N) is 1. The molecule has 0 aliphatic carbocycles. The fraction of sp³-hybridized carbons (Fsp3) is 1.00. The summed E-state index contributed by atoms with van der Waals surface area (Å²) in [6.07, 6.45) is 2.79. The van der Waals surface area contributed by atoms with Crippen molar-refractivity contribution in [3.63, 3.8) is 0 Å². The second kappa shape index (κ2) is 3.75. The molecule has 72 valence electrons. The van der Waals surface area contributed by atoms with Crippen molar-refractivity contribution in [2.24, 2.45) is 0 Å². The fourth-order valence-corrected chi connectivity index (χ4v) is 1.81. The Labute approximate surface area is 75.6 Å². The third-order valence-electron chi connectivity index (χ3n) is 3.12. The first-order valence-electron chi connectivity index (χ1n) is 5.04. The summed E-state index contributed by atoms with van der Waals surface area (Å²) in [6, 6.07) is 0.631. The Morgan fingerprint density at radius 2 is 1.83 bits per heavy atom. The summed E-state index contributed by atoms with van der Waals surface area (Å²) in [5.41, 5.74) is -0.356. The van der Waals surface area contributed by atoms with Crippen molar-refractivity contribution in [3.8, 4) is 0 Å². The summed E-state index contributed by atoms with van der Waals surface area (Å²) in [5, 5.41) is 9.95. The molecule has 0 unspecified atom stereocenters. The Hall–Kier alpha value is -0.0800. The molecule has 0 amide bonds. The monoisotopic (exact) mass is 171 g/mol. The molecule has 0 aromatic carbocycles. The van der Waals surface area contributed by atoms with E-state index in [0.717, 1.165) is 32.4 Å². The van der Waals surface area contributed by atoms with Crippen LogP contribution in [0.2, 0.25) is 0 Å². The molecule has 12 heavy (non-hydrogen) atoms. The maximum absolute atomic E-state index is 9.95. The van der Waals surface area contributed by atoms with Crippen molar-refractivity contribution in [1.82, 2.24) is 4.90 Å². The van der Waals surface area contributed by atoms with Crippen LogP contribution in [-0.4, -0.2) is 34.7 Å². The van der Waals surface area contributed by atoms with Crippen LogP contribution in [0.25, 0.3) is 0 Å². The van der Waals surface area contributed by atoms with Crippen LogP contribution in [0.5, 0.6) is 0 Å². The van der Waals surface area contributed by atoms with E-state index in [9.17, 15) is 5.11 Å². The highest BCUT2D eigenvalue weighted by atomic mass is 16.3. The number of hydrogen-bond acceptors (Lipinski definition) is 2. The molecule has 1 N–H and O–H groups in total. The summed E-state index contributed by atoms with van der Waals surface area (Å²) < 4.78 is 0. The second-order valence-electron chi connectivity index (χ2n) is 4.21. The topological polar surface area (TPSA) is 23.5 Å². The minimum atomic E-state index is -0.356. The standard InChI is InChI=1S/C10H21NO/c1-4-10(12)5-7-11(8-6-10)9(2)3/h9,12H,4-8H2,1-3H3. The summed E-state index contributed by atoms with van der Waals surface area (Å²) in [6.45, 7) is 8.63. The van der Waals surface area contributed by atoms with E-state index in [1.54, 1.807) is 0 Å². The molecule has 1 rings (SSSR count). The van der Waals surface area contributed by atoms with E-state index in [0.29, 0.717) is 6.04 Å². The molecule has 1 heterocycles. The average molecular weight is 171 g/mol. The van der Waals surface area contributed by atoms with Crippen molar-refractivity contribution < 1.29 is 5.11 Å². The second-order valence-corrected chi connectivity index (χ2v) is 4.21. The Morgan fingerprint density at radius 3 is 2.17 bits per heavy atom. The predicted octanol–water partition coefficient (Wildman–Crippen LogP) is 1.63. The Bertz CT molecular complexity index is 137. The normalized spacial score (nSPS) is 24.8. The molecule has 1 fully saturated rings. The van der Waals surface area contributed by atoms with Crippen LogP contribution < -0.4 is 0 Å². The minimum Gasteiger partial charge on any atom is -0.390 e. The largest absolute Gasteiger partial charge is 0.390 e. The first-order valence-corrected chi connectivity index (χ1v) is 5.04. The van der Waals surface area contributed by atoms with Crippen LogP contribution in [0.1, 0.15) is 40.0 Å². The molecule has 0 aromatic heterocycles. The summed E-state index contributed by atoms with van der Waals surface area (Å²) >= 11 is 0. The molecule has 0 spiro atoms. The Morgan fingerprint density at radius 1 is 1.33 bits per heavy atom. The molecular weight excluding hydrogens is 150 g/mol. The summed E-state index contributed by atoms with van der Waals surface area (Å²) in [7, 11) is 0. The average Bonchev–Trinajstić information content (AvgIpc) is 2.05. The highest BCUT2D eigenvalue weighted by Crippen LogP contribution is 2.25. The van der Waals surface area contributed by atoms with Gasteiger partial charge in [-0.3, -0.25) is 0 Å². The van der Waals surface area contributed by atoms with Gasteiger partial charge in [0.05, 0.1) is 5.60 Å². The van der Waals surface area contributed by atoms with Crippen molar-refractivity contribution in [2.75, 3.05) is 13.1 Å². The van der Waals surface area contributed by atoms with E-state index in [1.165, 1.54) is 0 Å². The van der Waals surface area contributed by atoms with Crippen molar-refractivity contribution >= 4 is 0 Å². The summed E-state index contributed by atoms with van der Waals surface area (Å²) in [4.78, 5) is 2.43. The molecule has 1 aliphatic heterocycles. The number of likely N-dealkylation sites (tertiary alicyclic amines) is 1. The quantitative estimate of drug-likeness (QED) is 0.682. The lowest BCUT2D eigenvalue weighted by molar-refractivity contribution is -0.0302. The van der Waals surface area contributed by atoms with E-state index < -0.39 is 0 Å². The fourth-order valence-electron chi connectivity index (χ4n) is 1.81. The van der Waals surface area contributed by atoms with Crippen LogP contribution in [0.3, 0.4) is 0 Å². The molecule has 2 heteroatoms. The zero-order valence-electron chi connectivity index (χ0n) is 8.51. The predicted molar refractivity (Wildman–Crippen MR) is 51.2 cm³/mol. The van der Waals surface area contributed by atoms with Crippen LogP contribution in [0.4, 0.5) is 0 Å². The molecule has 1 saturated heterocycles. The smallest absolute Gasteiger partial charge is 0.0669 e. The van der Waals surface area contributed by atoms with Crippen LogP contribution in [0, 0.1) is 0 Å². The lowest BCUT2D eigenvalue weighted by Gasteiger charge is -2.39. The zero-order chi connectivity index (χ0) is 9.19. The van der Waals surface area contributed by atoms with Crippen LogP contribution in [-0.2, 0) is 0 Å². The SMILES string of the molecule is CCC1(O)CCN(C(C)C)CC1. The van der Waals surface area contributed by atoms with E-state index in [4.69, 9.17) is 0 Å². The van der Waals surface area contributed by atoms with Gasteiger partial charge in [-0.15, -0.1) is 0 Å². The van der Waals surface area contributed by atoms with Gasteiger partial charge in [0.2, 0.25) is 0 Å². The van der Waals surface area contributed by atoms with E-state index in [-0.39, 0.29) is 5.60 Å². The van der Waals surface area contributed by atoms with Crippen molar-refractivity contribution in [1.29, 1.82) is 0 Å². The number of piperidine rings is 1. The van der Waals surface area contributed by atoms with E-state index >= 15 is 0 Å². The molecule has 2 nitrogen and oxygen atoms in total. The Kier molecular flexibility index (Phi) is 3.13. The third kappa shape index (κ3) is 2.20. The maximum atomic E-state index is 9.95. The molecule has 0 saturated carbocycles. The lowest BCUT2D eigenvalue weighted by Crippen LogP contribution is -2.46. The highest BCUT2D eigenvalue weighted by Gasteiger charge is 2.30. The maximum Gasteiger partial charge on any atom is 0.0669 e. The summed E-state index contributed by atoms with van der Waals surface area (Å²) in [5.74, 6) is 0. The molecule has 1 aliphatic rings. The van der Waals surface area contributed by atoms with Gasteiger partial charge in [-0.05, 0) is 33.1 Å². The number of rotatable bonds is 2. The van der Waals surface area contributed by atoms with Crippen molar-refractivity contribution in [3.05, 3.63) is 0 Å². The van der Waals surface area contributed by atoms with Crippen molar-refractivity contribution in [2.45, 2.75) is 51.7 Å². The van der Waals surface area contributed by atoms with Gasteiger partial charge in [0.25, 0.3) is 0 Å². The third-order valence-corrected chi connectivity index (χ3v) is 3.12. The molecule has 0 aromatic rings. The van der Waals surface area contributed by atoms with Gasteiger partial charge in [-0.2, -0.15) is 0 Å². The van der Waals surface area contributed by atoms with Crippen LogP contribution in [0.15, 0.2) is 0 Å². The number of aliphatic hydroxyl groups is 1. The van der Waals surface area contributed by atoms with Gasteiger partial charge in [0, 0.05) is 19.1 Å². The van der Waals surface area contributed by atoms with Gasteiger partial charge >= 0.3 is 0 Å². The van der Waals surface area contributed by atoms with E-state index in [1.807, 2.05) is 0 Å². The van der Waals surface area contributed by atoms with Gasteiger partial charge in [-0.25, -0.2) is 0 Å². The highest BCUT2D eigenvalue weighted by molar-refractivity contribution is 4.85. The lowest BCUT2D eigenvalue weighted by atomic mass is 9.88. The first kappa shape index (κ1) is 10.0. The molecular formula is C10H21NO. The Balaban J connectivity index is 2.39. The first-order chi connectivity index (χ1) is 5.57. The molecule has 0 atom stereocenters. The van der Waals surface area contributed by atoms with E-state index in [2.05, 4.69) is 25.7 Å². The van der Waals surface area contributed by atoms with Gasteiger partial charge in [0.1, 0.15) is 0 Å². The van der Waals surface area contributed by atoms with Gasteiger partial charge in [-0.1, -0.05) is 6.92 Å². The van der Waals surface area contributed by atoms with Gasteiger partial charge in [0.15, 0.2) is 0 Å². The molecule has 0 radical (unpaired) electrons. The minimum absolute atomic E-state index is 0.356. The zero-order valence-corrected chi connectivity index (χ0v) is 8.51. The number of hydrogen-bond donors (Lipinski definition) is 1. The molecule has 0 bridgehead atoms.